The number of carbonyl (C=O) groups excluding carboxylic acids is 1. The first-order valence-corrected chi connectivity index (χ1v) is 8.24. The maximum absolute atomic E-state index is 11.6. The summed E-state index contributed by atoms with van der Waals surface area (Å²) in [6, 6.07) is 0.443. The van der Waals surface area contributed by atoms with Crippen molar-refractivity contribution in [1.82, 2.24) is 15.5 Å². The van der Waals surface area contributed by atoms with Crippen molar-refractivity contribution in [3.8, 4) is 0 Å². The van der Waals surface area contributed by atoms with E-state index in [4.69, 9.17) is 0 Å². The molecule has 0 spiro atoms. The van der Waals surface area contributed by atoms with Crippen LogP contribution >= 0.6 is 35.7 Å². The molecule has 1 amide bonds. The second-order valence-electron chi connectivity index (χ2n) is 5.13. The minimum absolute atomic E-state index is 0. The van der Waals surface area contributed by atoms with Crippen LogP contribution in [0.5, 0.6) is 0 Å². The summed E-state index contributed by atoms with van der Waals surface area (Å²) in [5, 5.41) is 7.32. The Labute approximate surface area is 149 Å². The van der Waals surface area contributed by atoms with Crippen molar-refractivity contribution >= 4 is 47.6 Å². The molecule has 122 valence electrons. The van der Waals surface area contributed by atoms with Crippen molar-refractivity contribution in [2.45, 2.75) is 30.6 Å². The number of thioether (sulfide) groups is 1. The minimum atomic E-state index is -0.00175. The number of nitrogens with one attached hydrogen (secondary N) is 2. The molecule has 2 atom stereocenters. The molecule has 1 fully saturated rings. The van der Waals surface area contributed by atoms with Crippen LogP contribution in [-0.2, 0) is 4.79 Å². The van der Waals surface area contributed by atoms with E-state index in [1.807, 2.05) is 11.8 Å². The third-order valence-corrected chi connectivity index (χ3v) is 4.44. The van der Waals surface area contributed by atoms with E-state index < -0.39 is 0 Å². The predicted molar refractivity (Wildman–Crippen MR) is 103 cm³/mol. The van der Waals surface area contributed by atoms with Crippen LogP contribution in [-0.4, -0.2) is 61.5 Å². The van der Waals surface area contributed by atoms with Gasteiger partial charge >= 0.3 is 0 Å². The molecule has 5 nitrogen and oxygen atoms in total. The minimum Gasteiger partial charge on any atom is -0.354 e. The highest BCUT2D eigenvalue weighted by Crippen LogP contribution is 2.27. The highest BCUT2D eigenvalue weighted by molar-refractivity contribution is 14.0. The fourth-order valence-corrected chi connectivity index (χ4v) is 2.88. The smallest absolute Gasteiger partial charge is 0.243 e. The highest BCUT2D eigenvalue weighted by atomic mass is 127. The molecule has 21 heavy (non-hydrogen) atoms. The van der Waals surface area contributed by atoms with Crippen molar-refractivity contribution < 1.29 is 4.79 Å². The third kappa shape index (κ3) is 7.94. The number of halogens is 1. The number of hydrogen-bond acceptors (Lipinski definition) is 3. The lowest BCUT2D eigenvalue weighted by atomic mass is 10.2. The Morgan fingerprint density at radius 2 is 2.19 bits per heavy atom. The Hall–Kier alpha value is -0.440. The molecule has 0 saturated heterocycles. The number of rotatable bonds is 6. The van der Waals surface area contributed by atoms with Gasteiger partial charge in [0, 0.05) is 31.9 Å². The molecule has 0 aliphatic heterocycles. The van der Waals surface area contributed by atoms with Gasteiger partial charge in [-0.15, -0.1) is 30.6 Å². The van der Waals surface area contributed by atoms with Gasteiger partial charge in [-0.2, -0.15) is 11.8 Å². The summed E-state index contributed by atoms with van der Waals surface area (Å²) in [5.41, 5.74) is 0. The van der Waals surface area contributed by atoms with Gasteiger partial charge in [0.05, 0.1) is 0 Å². The largest absolute Gasteiger partial charge is 0.354 e. The van der Waals surface area contributed by atoms with E-state index in [-0.39, 0.29) is 36.4 Å². The Morgan fingerprint density at radius 3 is 2.71 bits per heavy atom. The molecule has 0 radical (unpaired) electrons. The zero-order valence-corrected chi connectivity index (χ0v) is 16.2. The molecule has 1 rings (SSSR count). The summed E-state index contributed by atoms with van der Waals surface area (Å²) in [4.78, 5) is 17.5. The maximum atomic E-state index is 11.6. The van der Waals surface area contributed by atoms with E-state index in [2.05, 4.69) is 28.5 Å². The standard InChI is InChI=1S/C14H26N4OS.HI/c1-5-8-15-14(16-10-13(19)18(2)3)17-11-6-7-12(9-11)20-4;/h5,11-12H,1,6-10H2,2-4H3,(H2,15,16,17);1H. The number of likely N-dealkylation sites (N-methyl/N-ethyl adjacent to an activating group) is 1. The number of guanidine groups is 1. The first-order chi connectivity index (χ1) is 9.56. The average Bonchev–Trinajstić information content (AvgIpc) is 2.88. The molecule has 1 aliphatic carbocycles. The number of nitrogens with zero attached hydrogens (tertiary/aromatic N) is 2. The third-order valence-electron chi connectivity index (χ3n) is 3.34. The van der Waals surface area contributed by atoms with Gasteiger partial charge in [-0.25, -0.2) is 4.99 Å². The average molecular weight is 426 g/mol. The number of aliphatic imine (C=N–C) groups is 1. The van der Waals surface area contributed by atoms with Crippen LogP contribution < -0.4 is 10.6 Å². The van der Waals surface area contributed by atoms with Crippen molar-refractivity contribution in [3.05, 3.63) is 12.7 Å². The molecule has 2 N–H and O–H groups in total. The van der Waals surface area contributed by atoms with Crippen molar-refractivity contribution in [2.75, 3.05) is 33.4 Å². The van der Waals surface area contributed by atoms with E-state index in [0.717, 1.165) is 18.1 Å². The Morgan fingerprint density at radius 1 is 1.48 bits per heavy atom. The van der Waals surface area contributed by atoms with E-state index in [1.165, 1.54) is 6.42 Å². The summed E-state index contributed by atoms with van der Waals surface area (Å²) in [7, 11) is 3.48. The molecular weight excluding hydrogens is 399 g/mol. The van der Waals surface area contributed by atoms with Crippen LogP contribution in [0.25, 0.3) is 0 Å². The second-order valence-corrected chi connectivity index (χ2v) is 6.27. The van der Waals surface area contributed by atoms with E-state index in [1.54, 1.807) is 25.1 Å². The number of hydrogen-bond donors (Lipinski definition) is 2. The highest BCUT2D eigenvalue weighted by Gasteiger charge is 2.24. The van der Waals surface area contributed by atoms with Gasteiger partial charge in [-0.3, -0.25) is 4.79 Å². The van der Waals surface area contributed by atoms with Gasteiger partial charge < -0.3 is 15.5 Å². The van der Waals surface area contributed by atoms with Crippen LogP contribution in [0.1, 0.15) is 19.3 Å². The van der Waals surface area contributed by atoms with E-state index in [9.17, 15) is 4.79 Å². The van der Waals surface area contributed by atoms with Gasteiger partial charge in [0.15, 0.2) is 5.96 Å². The molecule has 7 heteroatoms. The lowest BCUT2D eigenvalue weighted by Gasteiger charge is -2.17. The normalized spacial score (nSPS) is 21.4. The van der Waals surface area contributed by atoms with Gasteiger partial charge in [0.2, 0.25) is 5.91 Å². The van der Waals surface area contributed by atoms with Gasteiger partial charge in [0.25, 0.3) is 0 Å². The summed E-state index contributed by atoms with van der Waals surface area (Å²) >= 11 is 1.93. The molecule has 0 aromatic carbocycles. The van der Waals surface area contributed by atoms with Crippen LogP contribution in [0, 0.1) is 0 Å². The Balaban J connectivity index is 0.00000400. The van der Waals surface area contributed by atoms with E-state index >= 15 is 0 Å². The predicted octanol–water partition coefficient (Wildman–Crippen LogP) is 1.70. The van der Waals surface area contributed by atoms with Gasteiger partial charge in [-0.1, -0.05) is 6.08 Å². The lowest BCUT2D eigenvalue weighted by molar-refractivity contribution is -0.127. The second kappa shape index (κ2) is 11.2. The molecule has 1 aliphatic rings. The molecule has 0 bridgehead atoms. The fraction of sp³-hybridized carbons (Fsp3) is 0.714. The Bertz CT molecular complexity index is 363. The number of carbonyl (C=O) groups is 1. The van der Waals surface area contributed by atoms with Gasteiger partial charge in [0.1, 0.15) is 6.54 Å². The fourth-order valence-electron chi connectivity index (χ4n) is 2.09. The SMILES string of the molecule is C=CCNC(=NCC(=O)N(C)C)NC1CCC(SC)C1.I. The molecule has 1 saturated carbocycles. The Kier molecular flexibility index (Phi) is 10.9. The van der Waals surface area contributed by atoms with Crippen molar-refractivity contribution in [1.29, 1.82) is 0 Å². The summed E-state index contributed by atoms with van der Waals surface area (Å²) in [6.45, 7) is 4.49. The van der Waals surface area contributed by atoms with Gasteiger partial charge in [-0.05, 0) is 25.5 Å². The quantitative estimate of drug-likeness (QED) is 0.294. The summed E-state index contributed by atoms with van der Waals surface area (Å²) in [5.74, 6) is 0.699. The summed E-state index contributed by atoms with van der Waals surface area (Å²) in [6.07, 6.45) is 7.49. The van der Waals surface area contributed by atoms with Crippen LogP contribution in [0.4, 0.5) is 0 Å². The topological polar surface area (TPSA) is 56.7 Å². The van der Waals surface area contributed by atoms with E-state index in [0.29, 0.717) is 18.5 Å². The molecular formula is C14H27IN4OS. The monoisotopic (exact) mass is 426 g/mol. The summed E-state index contributed by atoms with van der Waals surface area (Å²) < 4.78 is 0. The van der Waals surface area contributed by atoms with Crippen LogP contribution in [0.15, 0.2) is 17.6 Å². The maximum Gasteiger partial charge on any atom is 0.243 e. The number of amides is 1. The first-order valence-electron chi connectivity index (χ1n) is 6.95. The van der Waals surface area contributed by atoms with Crippen molar-refractivity contribution in [2.24, 2.45) is 4.99 Å². The zero-order valence-electron chi connectivity index (χ0n) is 13.1. The van der Waals surface area contributed by atoms with Crippen LogP contribution in [0.2, 0.25) is 0 Å². The first kappa shape index (κ1) is 20.6. The van der Waals surface area contributed by atoms with Crippen LogP contribution in [0.3, 0.4) is 0 Å². The molecule has 2 unspecified atom stereocenters. The molecule has 0 aromatic heterocycles. The lowest BCUT2D eigenvalue weighted by Crippen LogP contribution is -2.43. The molecule has 0 heterocycles. The van der Waals surface area contributed by atoms with Crippen molar-refractivity contribution in [3.63, 3.8) is 0 Å². The zero-order chi connectivity index (χ0) is 15.0. The molecule has 0 aromatic rings.